The van der Waals surface area contributed by atoms with Crippen molar-refractivity contribution in [2.45, 2.75) is 52.2 Å². The number of carbonyl (C=O) groups is 3. The van der Waals surface area contributed by atoms with Crippen molar-refractivity contribution in [3.05, 3.63) is 114 Å². The molecule has 1 aromatic heterocycles. The molecule has 0 aliphatic carbocycles. The van der Waals surface area contributed by atoms with Gasteiger partial charge in [-0.1, -0.05) is 36.4 Å². The van der Waals surface area contributed by atoms with Gasteiger partial charge in [-0.15, -0.1) is 0 Å². The first kappa shape index (κ1) is 49.1. The van der Waals surface area contributed by atoms with Crippen LogP contribution < -0.4 is 46.1 Å². The number of ether oxygens (including phenoxy) is 4. The summed E-state index contributed by atoms with van der Waals surface area (Å²) in [5, 5.41) is 20.5. The summed E-state index contributed by atoms with van der Waals surface area (Å²) in [6.45, 7) is 16.4. The molecular weight excluding hydrogens is 857 g/mol. The molecule has 0 saturated carbocycles. The number of nitrogens with one attached hydrogen (secondary N) is 6. The lowest BCUT2D eigenvalue weighted by Gasteiger charge is -2.34. The summed E-state index contributed by atoms with van der Waals surface area (Å²) >= 11 is 1.78. The highest BCUT2D eigenvalue weighted by atomic mass is 32.2. The van der Waals surface area contributed by atoms with Gasteiger partial charge in [-0.2, -0.15) is 11.8 Å². The molecule has 350 valence electrons. The van der Waals surface area contributed by atoms with Crippen molar-refractivity contribution >= 4 is 63.3 Å². The predicted octanol–water partition coefficient (Wildman–Crippen LogP) is 8.65. The highest BCUT2D eigenvalue weighted by molar-refractivity contribution is 7.98. The zero-order valence-electron chi connectivity index (χ0n) is 38.9. The third-order valence-electron chi connectivity index (χ3n) is 11.2. The molecular formula is C50H62N8O7S. The van der Waals surface area contributed by atoms with Crippen molar-refractivity contribution in [1.82, 2.24) is 25.8 Å². The van der Waals surface area contributed by atoms with Gasteiger partial charge in [0.2, 0.25) is 5.91 Å². The maximum atomic E-state index is 13.9. The lowest BCUT2D eigenvalue weighted by atomic mass is 9.89. The molecule has 1 aliphatic heterocycles. The molecule has 66 heavy (non-hydrogen) atoms. The number of fused-ring (bicyclic) bond motifs is 1. The van der Waals surface area contributed by atoms with Gasteiger partial charge in [0.25, 0.3) is 5.91 Å². The van der Waals surface area contributed by atoms with Crippen LogP contribution in [0.2, 0.25) is 0 Å². The SMILES string of the molecule is C=C(C)[C@H](CCSC)NC(C)(C)c1cc(CNC(C)=O)c(OC)c(NC(=O)Nc2ccc(Oc3ccnc(Nc4cc(OC)cc(C(=O)NCCN5CCOCC5)c4)c3)c3ccccc23)c1. The van der Waals surface area contributed by atoms with Gasteiger partial charge in [-0.3, -0.25) is 14.5 Å². The molecule has 1 atom stereocenters. The van der Waals surface area contributed by atoms with E-state index in [0.717, 1.165) is 53.7 Å². The minimum absolute atomic E-state index is 0.0650. The molecule has 1 aliphatic rings. The van der Waals surface area contributed by atoms with Crippen molar-refractivity contribution in [2.24, 2.45) is 0 Å². The quantitative estimate of drug-likeness (QED) is 0.0387. The molecule has 5 aromatic rings. The number of anilines is 4. The number of nitrogens with zero attached hydrogens (tertiary/aromatic N) is 2. The number of hydrogen-bond donors (Lipinski definition) is 6. The summed E-state index contributed by atoms with van der Waals surface area (Å²) in [5.41, 5.74) is 4.14. The second-order valence-electron chi connectivity index (χ2n) is 16.6. The molecule has 1 saturated heterocycles. The number of pyridine rings is 1. The molecule has 6 N–H and O–H groups in total. The third-order valence-corrected chi connectivity index (χ3v) is 11.8. The van der Waals surface area contributed by atoms with E-state index in [9.17, 15) is 14.4 Å². The molecule has 6 rings (SSSR count). The molecule has 0 spiro atoms. The van der Waals surface area contributed by atoms with Crippen LogP contribution in [0, 0.1) is 0 Å². The Hall–Kier alpha value is -6.33. The summed E-state index contributed by atoms with van der Waals surface area (Å²) in [4.78, 5) is 45.9. The first-order valence-electron chi connectivity index (χ1n) is 21.9. The minimum atomic E-state index is -0.552. The number of hydrogen-bond acceptors (Lipinski definition) is 12. The monoisotopic (exact) mass is 918 g/mol. The van der Waals surface area contributed by atoms with Crippen LogP contribution >= 0.6 is 11.8 Å². The van der Waals surface area contributed by atoms with Crippen LogP contribution in [0.15, 0.2) is 97.2 Å². The summed E-state index contributed by atoms with van der Waals surface area (Å²) < 4.78 is 23.3. The Morgan fingerprint density at radius 2 is 1.65 bits per heavy atom. The Morgan fingerprint density at radius 3 is 2.36 bits per heavy atom. The first-order valence-corrected chi connectivity index (χ1v) is 23.3. The van der Waals surface area contributed by atoms with E-state index in [0.29, 0.717) is 76.8 Å². The molecule has 15 nitrogen and oxygen atoms in total. The van der Waals surface area contributed by atoms with Crippen molar-refractivity contribution in [3.63, 3.8) is 0 Å². The number of morpholine rings is 1. The Balaban J connectivity index is 1.18. The van der Waals surface area contributed by atoms with E-state index >= 15 is 0 Å². The van der Waals surface area contributed by atoms with Crippen molar-refractivity contribution in [1.29, 1.82) is 0 Å². The fourth-order valence-corrected chi connectivity index (χ4v) is 8.14. The van der Waals surface area contributed by atoms with Gasteiger partial charge in [0.1, 0.15) is 28.8 Å². The maximum Gasteiger partial charge on any atom is 0.323 e. The molecule has 0 unspecified atom stereocenters. The second-order valence-corrected chi connectivity index (χ2v) is 17.6. The van der Waals surface area contributed by atoms with Gasteiger partial charge < -0.3 is 50.8 Å². The fraction of sp³-hybridized carbons (Fsp3) is 0.360. The van der Waals surface area contributed by atoms with Gasteiger partial charge >= 0.3 is 6.03 Å². The van der Waals surface area contributed by atoms with E-state index in [1.807, 2.05) is 43.3 Å². The molecule has 4 amide bonds. The summed E-state index contributed by atoms with van der Waals surface area (Å²) in [5.74, 6) is 3.09. The Morgan fingerprint density at radius 1 is 0.894 bits per heavy atom. The molecule has 16 heteroatoms. The predicted molar refractivity (Wildman–Crippen MR) is 265 cm³/mol. The van der Waals surface area contributed by atoms with Gasteiger partial charge in [0, 0.05) is 97.1 Å². The zero-order valence-corrected chi connectivity index (χ0v) is 39.7. The number of carbonyl (C=O) groups excluding carboxylic acids is 3. The highest BCUT2D eigenvalue weighted by Crippen LogP contribution is 2.38. The van der Waals surface area contributed by atoms with Crippen LogP contribution in [0.3, 0.4) is 0 Å². The number of rotatable bonds is 21. The van der Waals surface area contributed by atoms with Crippen molar-refractivity contribution in [2.75, 3.05) is 81.6 Å². The van der Waals surface area contributed by atoms with Crippen LogP contribution in [-0.2, 0) is 21.6 Å². The van der Waals surface area contributed by atoms with Gasteiger partial charge in [-0.05, 0) is 87.2 Å². The van der Waals surface area contributed by atoms with Crippen molar-refractivity contribution < 1.29 is 33.3 Å². The summed E-state index contributed by atoms with van der Waals surface area (Å²) in [7, 11) is 3.10. The molecule has 1 fully saturated rings. The molecule has 4 aromatic carbocycles. The second kappa shape index (κ2) is 23.2. The number of aromatic nitrogens is 1. The Bertz CT molecular complexity index is 2510. The molecule has 0 bridgehead atoms. The topological polar surface area (TPSA) is 176 Å². The van der Waals surface area contributed by atoms with Gasteiger partial charge in [0.05, 0.1) is 38.8 Å². The summed E-state index contributed by atoms with van der Waals surface area (Å²) in [6, 6.07) is 23.4. The average Bonchev–Trinajstić information content (AvgIpc) is 3.30. The minimum Gasteiger partial charge on any atom is -0.497 e. The standard InChI is InChI=1S/C50H62N8O7S/c1-32(2)42(16-24-66-8)57-50(4,5)36-25-35(31-53-33(3)59)47(63-7)44(28-36)56-49(61)55-43-13-14-45(41-12-10-9-11-40(41)43)65-38-15-17-51-46(30-38)54-37-26-34(27-39(29-37)62-6)48(60)52-18-19-58-20-22-64-23-21-58/h9-15,17,25-30,42,57H,1,16,18-24,31H2,2-8H3,(H,51,54)(H,52,60)(H,53,59)(H2,55,56,61)/t42-/m0/s1. The number of methoxy groups -OCH3 is 2. The van der Waals surface area contributed by atoms with Crippen LogP contribution in [-0.4, -0.2) is 99.4 Å². The van der Waals surface area contributed by atoms with Crippen LogP contribution in [0.5, 0.6) is 23.0 Å². The van der Waals surface area contributed by atoms with Crippen LogP contribution in [0.25, 0.3) is 10.8 Å². The van der Waals surface area contributed by atoms with E-state index in [2.05, 4.69) is 68.5 Å². The molecule has 2 heterocycles. The largest absolute Gasteiger partial charge is 0.497 e. The normalized spacial score (nSPS) is 13.3. The van der Waals surface area contributed by atoms with E-state index in [4.69, 9.17) is 18.9 Å². The molecule has 0 radical (unpaired) electrons. The maximum absolute atomic E-state index is 13.9. The van der Waals surface area contributed by atoms with Crippen LogP contribution in [0.4, 0.5) is 27.7 Å². The number of urea groups is 1. The fourth-order valence-electron chi connectivity index (χ4n) is 7.67. The van der Waals surface area contributed by atoms with Crippen molar-refractivity contribution in [3.8, 4) is 23.0 Å². The Kier molecular flexibility index (Phi) is 17.3. The Labute approximate surface area is 391 Å². The lowest BCUT2D eigenvalue weighted by Crippen LogP contribution is -2.44. The number of amides is 4. The third kappa shape index (κ3) is 13.4. The number of thioether (sulfide) groups is 1. The van der Waals surface area contributed by atoms with E-state index in [1.165, 1.54) is 14.0 Å². The first-order chi connectivity index (χ1) is 31.8. The van der Waals surface area contributed by atoms with Gasteiger partial charge in [-0.25, -0.2) is 9.78 Å². The number of benzene rings is 4. The smallest absolute Gasteiger partial charge is 0.323 e. The van der Waals surface area contributed by atoms with Gasteiger partial charge in [0.15, 0.2) is 0 Å². The van der Waals surface area contributed by atoms with E-state index in [-0.39, 0.29) is 24.4 Å². The summed E-state index contributed by atoms with van der Waals surface area (Å²) in [6.07, 6.45) is 4.63. The lowest BCUT2D eigenvalue weighted by molar-refractivity contribution is -0.119. The van der Waals surface area contributed by atoms with E-state index in [1.54, 1.807) is 67.5 Å². The zero-order chi connectivity index (χ0) is 47.2. The van der Waals surface area contributed by atoms with E-state index < -0.39 is 11.6 Å². The van der Waals surface area contributed by atoms with Crippen LogP contribution in [0.1, 0.15) is 55.6 Å². The highest BCUT2D eigenvalue weighted by Gasteiger charge is 2.28. The average molecular weight is 919 g/mol.